The summed E-state index contributed by atoms with van der Waals surface area (Å²) < 4.78 is 5.28. The van der Waals surface area contributed by atoms with E-state index in [1.165, 1.54) is 25.7 Å². The normalized spacial score (nSPS) is 29.3. The van der Waals surface area contributed by atoms with Crippen LogP contribution in [-0.4, -0.2) is 29.1 Å². The molecule has 1 atom stereocenters. The molecule has 0 amide bonds. The van der Waals surface area contributed by atoms with Crippen LogP contribution in [0, 0.1) is 11.8 Å². The number of nitrogens with two attached hydrogens (primary N) is 1. The summed E-state index contributed by atoms with van der Waals surface area (Å²) in [5, 5.41) is 0. The highest BCUT2D eigenvalue weighted by atomic mass is 32.2. The van der Waals surface area contributed by atoms with E-state index in [4.69, 9.17) is 10.5 Å². The van der Waals surface area contributed by atoms with Gasteiger partial charge in [-0.2, -0.15) is 11.8 Å². The minimum absolute atomic E-state index is 0.266. The lowest BCUT2D eigenvalue weighted by atomic mass is 9.77. The van der Waals surface area contributed by atoms with Gasteiger partial charge in [0.1, 0.15) is 6.04 Å². The molecule has 0 aromatic heterocycles. The van der Waals surface area contributed by atoms with E-state index in [0.29, 0.717) is 23.0 Å². The second-order valence-corrected chi connectivity index (χ2v) is 7.51. The van der Waals surface area contributed by atoms with Crippen LogP contribution in [0.4, 0.5) is 0 Å². The highest BCUT2D eigenvalue weighted by Crippen LogP contribution is 2.46. The maximum absolute atomic E-state index is 11.6. The summed E-state index contributed by atoms with van der Waals surface area (Å²) in [5.41, 5.74) is 5.91. The molecule has 0 aromatic rings. The highest BCUT2D eigenvalue weighted by molar-refractivity contribution is 8.00. The van der Waals surface area contributed by atoms with Gasteiger partial charge < -0.3 is 10.5 Å². The van der Waals surface area contributed by atoms with E-state index in [2.05, 4.69) is 20.8 Å². The molecule has 0 heterocycles. The lowest BCUT2D eigenvalue weighted by Crippen LogP contribution is -2.40. The summed E-state index contributed by atoms with van der Waals surface area (Å²) in [6, 6.07) is -0.486. The SMILES string of the molecule is CCOC(=O)[C@@H](N)CSC1(C(C)C)CCC(C)CC1. The van der Waals surface area contributed by atoms with Gasteiger partial charge in [-0.3, -0.25) is 4.79 Å². The molecule has 0 unspecified atom stereocenters. The van der Waals surface area contributed by atoms with Crippen molar-refractivity contribution in [2.75, 3.05) is 12.4 Å². The Morgan fingerprint density at radius 3 is 2.47 bits per heavy atom. The number of thioether (sulfide) groups is 1. The number of carbonyl (C=O) groups excluding carboxylic acids is 1. The first-order chi connectivity index (χ1) is 8.91. The first-order valence-electron chi connectivity index (χ1n) is 7.47. The van der Waals surface area contributed by atoms with Gasteiger partial charge in [0.15, 0.2) is 0 Å². The molecule has 19 heavy (non-hydrogen) atoms. The van der Waals surface area contributed by atoms with Crippen molar-refractivity contribution < 1.29 is 9.53 Å². The summed E-state index contributed by atoms with van der Waals surface area (Å²) in [6.07, 6.45) is 5.07. The summed E-state index contributed by atoms with van der Waals surface area (Å²) in [4.78, 5) is 11.6. The zero-order chi connectivity index (χ0) is 14.5. The van der Waals surface area contributed by atoms with E-state index in [-0.39, 0.29) is 5.97 Å². The Balaban J connectivity index is 2.53. The van der Waals surface area contributed by atoms with E-state index in [9.17, 15) is 4.79 Å². The third-order valence-electron chi connectivity index (χ3n) is 4.31. The number of carbonyl (C=O) groups is 1. The summed E-state index contributed by atoms with van der Waals surface area (Å²) in [7, 11) is 0. The molecule has 1 rings (SSSR count). The second-order valence-electron chi connectivity index (χ2n) is 6.07. The maximum Gasteiger partial charge on any atom is 0.323 e. The monoisotopic (exact) mass is 287 g/mol. The Labute approximate surface area is 122 Å². The lowest BCUT2D eigenvalue weighted by Gasteiger charge is -2.42. The third kappa shape index (κ3) is 4.67. The van der Waals surface area contributed by atoms with Crippen molar-refractivity contribution >= 4 is 17.7 Å². The van der Waals surface area contributed by atoms with Crippen LogP contribution >= 0.6 is 11.8 Å². The Morgan fingerprint density at radius 2 is 2.00 bits per heavy atom. The van der Waals surface area contributed by atoms with Crippen molar-refractivity contribution in [3.63, 3.8) is 0 Å². The molecule has 1 aliphatic carbocycles. The van der Waals surface area contributed by atoms with Crippen LogP contribution < -0.4 is 5.73 Å². The van der Waals surface area contributed by atoms with E-state index in [0.717, 1.165) is 5.92 Å². The Bertz CT molecular complexity index is 286. The molecule has 2 N–H and O–H groups in total. The largest absolute Gasteiger partial charge is 0.465 e. The van der Waals surface area contributed by atoms with Gasteiger partial charge in [-0.1, -0.05) is 20.8 Å². The summed E-state index contributed by atoms with van der Waals surface area (Å²) in [5.74, 6) is 1.87. The second kappa shape index (κ2) is 7.53. The zero-order valence-corrected chi connectivity index (χ0v) is 13.6. The van der Waals surface area contributed by atoms with Crippen molar-refractivity contribution in [2.24, 2.45) is 17.6 Å². The molecule has 112 valence electrons. The Kier molecular flexibility index (Phi) is 6.67. The third-order valence-corrected chi connectivity index (χ3v) is 6.29. The molecule has 0 radical (unpaired) electrons. The average Bonchev–Trinajstić information content (AvgIpc) is 2.38. The van der Waals surface area contributed by atoms with E-state index in [1.54, 1.807) is 0 Å². The van der Waals surface area contributed by atoms with E-state index >= 15 is 0 Å². The smallest absolute Gasteiger partial charge is 0.323 e. The molecule has 3 nitrogen and oxygen atoms in total. The molecule has 4 heteroatoms. The van der Waals surface area contributed by atoms with Gasteiger partial charge in [0, 0.05) is 10.5 Å². The standard InChI is InChI=1S/C15H29NO2S/c1-5-18-14(17)13(16)10-19-15(11(2)3)8-6-12(4)7-9-15/h11-13H,5-10,16H2,1-4H3/t12?,13-,15?/m0/s1. The number of rotatable bonds is 6. The number of ether oxygens (including phenoxy) is 1. The fourth-order valence-corrected chi connectivity index (χ4v) is 4.22. The molecule has 0 bridgehead atoms. The predicted octanol–water partition coefficient (Wildman–Crippen LogP) is 3.21. The van der Waals surface area contributed by atoms with Crippen molar-refractivity contribution in [2.45, 2.75) is 64.2 Å². The first kappa shape index (κ1) is 16.8. The van der Waals surface area contributed by atoms with Gasteiger partial charge in [0.2, 0.25) is 0 Å². The number of hydrogen-bond donors (Lipinski definition) is 1. The quantitative estimate of drug-likeness (QED) is 0.762. The summed E-state index contributed by atoms with van der Waals surface area (Å²) in [6.45, 7) is 9.14. The Morgan fingerprint density at radius 1 is 1.42 bits per heavy atom. The van der Waals surface area contributed by atoms with E-state index in [1.807, 2.05) is 18.7 Å². The van der Waals surface area contributed by atoms with Crippen LogP contribution in [0.1, 0.15) is 53.4 Å². The van der Waals surface area contributed by atoms with Gasteiger partial charge in [-0.15, -0.1) is 0 Å². The van der Waals surface area contributed by atoms with Crippen LogP contribution in [0.5, 0.6) is 0 Å². The van der Waals surface area contributed by atoms with Crippen LogP contribution in [0.3, 0.4) is 0 Å². The van der Waals surface area contributed by atoms with Crippen LogP contribution in [-0.2, 0) is 9.53 Å². The molecule has 0 aromatic carbocycles. The average molecular weight is 287 g/mol. The summed E-state index contributed by atoms with van der Waals surface area (Å²) >= 11 is 1.89. The maximum atomic E-state index is 11.6. The molecule has 1 saturated carbocycles. The molecule has 0 aliphatic heterocycles. The topological polar surface area (TPSA) is 52.3 Å². The lowest BCUT2D eigenvalue weighted by molar-refractivity contribution is -0.144. The Hall–Kier alpha value is -0.220. The van der Waals surface area contributed by atoms with Crippen molar-refractivity contribution in [3.8, 4) is 0 Å². The van der Waals surface area contributed by atoms with Gasteiger partial charge >= 0.3 is 5.97 Å². The minimum atomic E-state index is -0.486. The fourth-order valence-electron chi connectivity index (χ4n) is 2.71. The first-order valence-corrected chi connectivity index (χ1v) is 8.46. The van der Waals surface area contributed by atoms with Crippen LogP contribution in [0.25, 0.3) is 0 Å². The van der Waals surface area contributed by atoms with Crippen LogP contribution in [0.2, 0.25) is 0 Å². The van der Waals surface area contributed by atoms with Crippen molar-refractivity contribution in [1.82, 2.24) is 0 Å². The molecule has 0 spiro atoms. The molecular weight excluding hydrogens is 258 g/mol. The molecule has 1 fully saturated rings. The number of esters is 1. The minimum Gasteiger partial charge on any atom is -0.465 e. The van der Waals surface area contributed by atoms with Gasteiger partial charge in [0.05, 0.1) is 6.61 Å². The fraction of sp³-hybridized carbons (Fsp3) is 0.933. The number of hydrogen-bond acceptors (Lipinski definition) is 4. The van der Waals surface area contributed by atoms with E-state index < -0.39 is 6.04 Å². The van der Waals surface area contributed by atoms with Gasteiger partial charge in [-0.25, -0.2) is 0 Å². The molecule has 0 saturated heterocycles. The highest BCUT2D eigenvalue weighted by Gasteiger charge is 2.38. The van der Waals surface area contributed by atoms with Crippen molar-refractivity contribution in [3.05, 3.63) is 0 Å². The van der Waals surface area contributed by atoms with Crippen molar-refractivity contribution in [1.29, 1.82) is 0 Å². The predicted molar refractivity (Wildman–Crippen MR) is 82.3 cm³/mol. The van der Waals surface area contributed by atoms with Crippen LogP contribution in [0.15, 0.2) is 0 Å². The zero-order valence-electron chi connectivity index (χ0n) is 12.8. The molecule has 1 aliphatic rings. The van der Waals surface area contributed by atoms with Gasteiger partial charge in [-0.05, 0) is 44.4 Å². The molecular formula is C15H29NO2S. The van der Waals surface area contributed by atoms with Gasteiger partial charge in [0.25, 0.3) is 0 Å².